The van der Waals surface area contributed by atoms with Gasteiger partial charge in [0.05, 0.1) is 5.69 Å². The zero-order valence-corrected chi connectivity index (χ0v) is 9.27. The van der Waals surface area contributed by atoms with Crippen molar-refractivity contribution in [1.29, 1.82) is 0 Å². The van der Waals surface area contributed by atoms with E-state index in [2.05, 4.69) is 4.98 Å². The number of nitrogens with zero attached hydrogens (tertiary/aromatic N) is 2. The average molecular weight is 215 g/mol. The minimum Gasteiger partial charge on any atom is -0.379 e. The molecule has 0 unspecified atom stereocenters. The lowest BCUT2D eigenvalue weighted by molar-refractivity contribution is 0.951. The summed E-state index contributed by atoms with van der Waals surface area (Å²) in [6, 6.07) is 5.82. The van der Waals surface area contributed by atoms with Crippen LogP contribution in [0.2, 0.25) is 0 Å². The van der Waals surface area contributed by atoms with E-state index in [-0.39, 0.29) is 11.4 Å². The van der Waals surface area contributed by atoms with Gasteiger partial charge in [-0.3, -0.25) is 9.36 Å². The summed E-state index contributed by atoms with van der Waals surface area (Å²) in [6.07, 6.45) is 3.15. The maximum absolute atomic E-state index is 11.8. The number of aromatic nitrogens is 2. The first kappa shape index (κ1) is 10.4. The van der Waals surface area contributed by atoms with Gasteiger partial charge >= 0.3 is 0 Å². The molecule has 16 heavy (non-hydrogen) atoms. The fourth-order valence-electron chi connectivity index (χ4n) is 1.61. The van der Waals surface area contributed by atoms with Gasteiger partial charge in [-0.05, 0) is 31.0 Å². The van der Waals surface area contributed by atoms with Gasteiger partial charge in [0.25, 0.3) is 5.56 Å². The third-order valence-corrected chi connectivity index (χ3v) is 2.70. The highest BCUT2D eigenvalue weighted by atomic mass is 16.1. The molecule has 0 saturated carbocycles. The van der Waals surface area contributed by atoms with Crippen LogP contribution in [0.1, 0.15) is 11.1 Å². The Kier molecular flexibility index (Phi) is 2.48. The Hall–Kier alpha value is -2.10. The topological polar surface area (TPSA) is 60.9 Å². The molecule has 0 saturated heterocycles. The molecule has 0 amide bonds. The number of anilines is 1. The molecule has 4 nitrogen and oxygen atoms in total. The fourth-order valence-corrected chi connectivity index (χ4v) is 1.61. The van der Waals surface area contributed by atoms with Gasteiger partial charge in [0.2, 0.25) is 0 Å². The predicted octanol–water partition coefficient (Wildman–Crippen LogP) is 1.43. The first-order valence-electron chi connectivity index (χ1n) is 5.01. The monoisotopic (exact) mass is 215 g/mol. The summed E-state index contributed by atoms with van der Waals surface area (Å²) in [5, 5.41) is 0. The van der Waals surface area contributed by atoms with Gasteiger partial charge in [0.15, 0.2) is 5.82 Å². The molecule has 0 aliphatic heterocycles. The van der Waals surface area contributed by atoms with E-state index in [1.54, 1.807) is 6.20 Å². The standard InChI is InChI=1S/C12H13N3O/c1-8-4-3-5-10(9(8)2)15-7-6-14-11(13)12(15)16/h3-7H,1-2H3,(H2,13,14). The molecule has 2 aromatic rings. The van der Waals surface area contributed by atoms with Crippen LogP contribution in [0.4, 0.5) is 5.82 Å². The van der Waals surface area contributed by atoms with Crippen molar-refractivity contribution < 1.29 is 0 Å². The van der Waals surface area contributed by atoms with Gasteiger partial charge in [-0.1, -0.05) is 12.1 Å². The van der Waals surface area contributed by atoms with Crippen LogP contribution in [-0.2, 0) is 0 Å². The van der Waals surface area contributed by atoms with E-state index in [9.17, 15) is 4.79 Å². The second-order valence-corrected chi connectivity index (χ2v) is 3.71. The average Bonchev–Trinajstić information content (AvgIpc) is 2.27. The minimum atomic E-state index is -0.281. The van der Waals surface area contributed by atoms with Gasteiger partial charge in [-0.25, -0.2) is 4.98 Å². The maximum Gasteiger partial charge on any atom is 0.297 e. The zero-order chi connectivity index (χ0) is 11.7. The summed E-state index contributed by atoms with van der Waals surface area (Å²) in [7, 11) is 0. The van der Waals surface area contributed by atoms with Crippen molar-refractivity contribution in [1.82, 2.24) is 9.55 Å². The van der Waals surface area contributed by atoms with E-state index in [4.69, 9.17) is 5.73 Å². The third kappa shape index (κ3) is 1.58. The second-order valence-electron chi connectivity index (χ2n) is 3.71. The van der Waals surface area contributed by atoms with Crippen LogP contribution in [-0.4, -0.2) is 9.55 Å². The lowest BCUT2D eigenvalue weighted by Crippen LogP contribution is -2.22. The Morgan fingerprint density at radius 1 is 1.31 bits per heavy atom. The highest BCUT2D eigenvalue weighted by Crippen LogP contribution is 2.15. The van der Waals surface area contributed by atoms with Crippen LogP contribution < -0.4 is 11.3 Å². The first-order valence-corrected chi connectivity index (χ1v) is 5.01. The Morgan fingerprint density at radius 3 is 2.81 bits per heavy atom. The zero-order valence-electron chi connectivity index (χ0n) is 9.27. The Labute approximate surface area is 93.4 Å². The van der Waals surface area contributed by atoms with E-state index in [1.165, 1.54) is 10.8 Å². The number of hydrogen-bond acceptors (Lipinski definition) is 3. The number of nitrogens with two attached hydrogens (primary N) is 1. The summed E-state index contributed by atoms with van der Waals surface area (Å²) in [6.45, 7) is 3.99. The van der Waals surface area contributed by atoms with Gasteiger partial charge in [0, 0.05) is 12.4 Å². The van der Waals surface area contributed by atoms with Gasteiger partial charge < -0.3 is 5.73 Å². The molecule has 0 fully saturated rings. The van der Waals surface area contributed by atoms with E-state index in [1.807, 2.05) is 32.0 Å². The molecule has 1 heterocycles. The summed E-state index contributed by atoms with van der Waals surface area (Å²) in [5.74, 6) is 0.0170. The van der Waals surface area contributed by atoms with Crippen molar-refractivity contribution >= 4 is 5.82 Å². The molecule has 0 aliphatic carbocycles. The van der Waals surface area contributed by atoms with Crippen LogP contribution in [0.5, 0.6) is 0 Å². The molecule has 0 aliphatic rings. The summed E-state index contributed by atoms with van der Waals surface area (Å²) < 4.78 is 1.52. The van der Waals surface area contributed by atoms with Crippen LogP contribution in [0.25, 0.3) is 5.69 Å². The number of hydrogen-bond donors (Lipinski definition) is 1. The number of nitrogen functional groups attached to an aromatic ring is 1. The molecule has 82 valence electrons. The van der Waals surface area contributed by atoms with Crippen molar-refractivity contribution in [3.63, 3.8) is 0 Å². The summed E-state index contributed by atoms with van der Waals surface area (Å²) in [5.41, 5.74) is 8.27. The van der Waals surface area contributed by atoms with E-state index >= 15 is 0 Å². The molecule has 1 aromatic carbocycles. The van der Waals surface area contributed by atoms with Crippen molar-refractivity contribution in [2.24, 2.45) is 0 Å². The molecule has 2 rings (SSSR count). The Morgan fingerprint density at radius 2 is 2.06 bits per heavy atom. The van der Waals surface area contributed by atoms with Crippen LogP contribution in [0.15, 0.2) is 35.4 Å². The molecule has 4 heteroatoms. The third-order valence-electron chi connectivity index (χ3n) is 2.70. The lowest BCUT2D eigenvalue weighted by Gasteiger charge is -2.10. The maximum atomic E-state index is 11.8. The second kappa shape index (κ2) is 3.81. The van der Waals surface area contributed by atoms with Gasteiger partial charge in [-0.2, -0.15) is 0 Å². The molecule has 2 N–H and O–H groups in total. The van der Waals surface area contributed by atoms with Crippen LogP contribution in [0, 0.1) is 13.8 Å². The van der Waals surface area contributed by atoms with Crippen molar-refractivity contribution in [2.45, 2.75) is 13.8 Å². The molecule has 0 bridgehead atoms. The fraction of sp³-hybridized carbons (Fsp3) is 0.167. The minimum absolute atomic E-state index is 0.0170. The smallest absolute Gasteiger partial charge is 0.297 e. The normalized spacial score (nSPS) is 10.4. The highest BCUT2D eigenvalue weighted by Gasteiger charge is 2.06. The van der Waals surface area contributed by atoms with Gasteiger partial charge in [-0.15, -0.1) is 0 Å². The molecular weight excluding hydrogens is 202 g/mol. The Balaban J connectivity index is 2.73. The van der Waals surface area contributed by atoms with E-state index < -0.39 is 0 Å². The van der Waals surface area contributed by atoms with Crippen LogP contribution in [0.3, 0.4) is 0 Å². The van der Waals surface area contributed by atoms with Crippen molar-refractivity contribution in [3.8, 4) is 5.69 Å². The number of rotatable bonds is 1. The SMILES string of the molecule is Cc1cccc(-n2ccnc(N)c2=O)c1C. The highest BCUT2D eigenvalue weighted by molar-refractivity contribution is 5.45. The Bertz CT molecular complexity index is 587. The van der Waals surface area contributed by atoms with E-state index in [0.29, 0.717) is 0 Å². The first-order chi connectivity index (χ1) is 7.61. The molecule has 0 atom stereocenters. The quantitative estimate of drug-likeness (QED) is 0.782. The van der Waals surface area contributed by atoms with Gasteiger partial charge in [0.1, 0.15) is 0 Å². The van der Waals surface area contributed by atoms with Crippen molar-refractivity contribution in [2.75, 3.05) is 5.73 Å². The predicted molar refractivity (Wildman–Crippen MR) is 63.7 cm³/mol. The van der Waals surface area contributed by atoms with E-state index in [0.717, 1.165) is 16.8 Å². The largest absolute Gasteiger partial charge is 0.379 e. The van der Waals surface area contributed by atoms with Crippen molar-refractivity contribution in [3.05, 3.63) is 52.1 Å². The van der Waals surface area contributed by atoms with Crippen LogP contribution >= 0.6 is 0 Å². The molecular formula is C12H13N3O. The summed E-state index contributed by atoms with van der Waals surface area (Å²) in [4.78, 5) is 15.6. The number of benzene rings is 1. The molecule has 0 spiro atoms. The molecule has 1 aromatic heterocycles. The number of aryl methyl sites for hydroxylation is 1. The molecule has 0 radical (unpaired) electrons. The lowest BCUT2D eigenvalue weighted by atomic mass is 10.1. The summed E-state index contributed by atoms with van der Waals surface area (Å²) >= 11 is 0.